The third-order valence-corrected chi connectivity index (χ3v) is 4.52. The Morgan fingerprint density at radius 3 is 2.53 bits per heavy atom. The topological polar surface area (TPSA) is 12.0 Å². The quantitative estimate of drug-likeness (QED) is 0.783. The average molecular weight is 387 g/mol. The van der Waals surface area contributed by atoms with Gasteiger partial charge in [0, 0.05) is 22.0 Å². The fraction of sp³-hybridized carbons (Fsp3) is 0.200. The normalized spacial score (nSPS) is 10.7. The Hall–Kier alpha value is -0.710. The molecule has 0 bridgehead atoms. The van der Waals surface area contributed by atoms with Gasteiger partial charge < -0.3 is 5.32 Å². The van der Waals surface area contributed by atoms with Crippen LogP contribution in [0.5, 0.6) is 0 Å². The molecule has 0 radical (unpaired) electrons. The lowest BCUT2D eigenvalue weighted by Gasteiger charge is -2.08. The van der Waals surface area contributed by atoms with E-state index in [4.69, 9.17) is 0 Å². The van der Waals surface area contributed by atoms with Gasteiger partial charge in [-0.3, -0.25) is 0 Å². The largest absolute Gasteiger partial charge is 0.309 e. The molecule has 0 atom stereocenters. The van der Waals surface area contributed by atoms with Crippen molar-refractivity contribution in [1.82, 2.24) is 5.32 Å². The second-order valence-electron chi connectivity index (χ2n) is 4.42. The summed E-state index contributed by atoms with van der Waals surface area (Å²) in [5.74, 6) is -0.210. The maximum absolute atomic E-state index is 13.1. The van der Waals surface area contributed by atoms with Crippen molar-refractivity contribution >= 4 is 31.9 Å². The first-order valence-corrected chi connectivity index (χ1v) is 7.54. The minimum Gasteiger partial charge on any atom is -0.309 e. The van der Waals surface area contributed by atoms with Crippen LogP contribution in [0, 0.1) is 12.7 Å². The standard InChI is InChI=1S/C15H14Br2FN/c1-10-2-3-11(6-15(10)17)8-19-9-12-7-13(18)4-5-14(12)16/h2-7,19H,8-9H2,1H3. The van der Waals surface area contributed by atoms with Gasteiger partial charge >= 0.3 is 0 Å². The molecule has 0 aliphatic carbocycles. The summed E-state index contributed by atoms with van der Waals surface area (Å²) in [6.45, 7) is 3.44. The summed E-state index contributed by atoms with van der Waals surface area (Å²) in [6.07, 6.45) is 0. The zero-order chi connectivity index (χ0) is 13.8. The number of benzene rings is 2. The van der Waals surface area contributed by atoms with Crippen molar-refractivity contribution < 1.29 is 4.39 Å². The summed E-state index contributed by atoms with van der Waals surface area (Å²) in [5, 5.41) is 3.32. The van der Waals surface area contributed by atoms with E-state index in [1.807, 2.05) is 0 Å². The van der Waals surface area contributed by atoms with Crippen LogP contribution in [0.3, 0.4) is 0 Å². The van der Waals surface area contributed by atoms with Gasteiger partial charge in [0.05, 0.1) is 0 Å². The molecule has 0 amide bonds. The lowest BCUT2D eigenvalue weighted by atomic mass is 10.1. The van der Waals surface area contributed by atoms with Crippen LogP contribution in [-0.4, -0.2) is 0 Å². The molecule has 0 saturated heterocycles. The Kier molecular flexibility index (Phi) is 5.13. The first kappa shape index (κ1) is 14.7. The lowest BCUT2D eigenvalue weighted by Crippen LogP contribution is -2.13. The van der Waals surface area contributed by atoms with Crippen LogP contribution in [0.1, 0.15) is 16.7 Å². The van der Waals surface area contributed by atoms with Crippen LogP contribution < -0.4 is 5.32 Å². The maximum Gasteiger partial charge on any atom is 0.123 e. The van der Waals surface area contributed by atoms with Crippen molar-refractivity contribution in [1.29, 1.82) is 0 Å². The summed E-state index contributed by atoms with van der Waals surface area (Å²) in [6, 6.07) is 11.0. The highest BCUT2D eigenvalue weighted by atomic mass is 79.9. The van der Waals surface area contributed by atoms with Gasteiger partial charge in [-0.25, -0.2) is 4.39 Å². The summed E-state index contributed by atoms with van der Waals surface area (Å²) in [7, 11) is 0. The van der Waals surface area contributed by atoms with Crippen molar-refractivity contribution in [2.45, 2.75) is 20.0 Å². The van der Waals surface area contributed by atoms with Gasteiger partial charge in [0.2, 0.25) is 0 Å². The lowest BCUT2D eigenvalue weighted by molar-refractivity contribution is 0.619. The number of halogens is 3. The van der Waals surface area contributed by atoms with Crippen LogP contribution in [0.4, 0.5) is 4.39 Å². The number of hydrogen-bond acceptors (Lipinski definition) is 1. The summed E-state index contributed by atoms with van der Waals surface area (Å²) in [5.41, 5.74) is 3.34. The second-order valence-corrected chi connectivity index (χ2v) is 6.13. The Morgan fingerprint density at radius 1 is 1.00 bits per heavy atom. The van der Waals surface area contributed by atoms with Crippen molar-refractivity contribution in [3.8, 4) is 0 Å². The van der Waals surface area contributed by atoms with E-state index in [2.05, 4.69) is 62.3 Å². The molecule has 2 rings (SSSR count). The van der Waals surface area contributed by atoms with Crippen molar-refractivity contribution in [2.24, 2.45) is 0 Å². The van der Waals surface area contributed by atoms with Crippen LogP contribution >= 0.6 is 31.9 Å². The van der Waals surface area contributed by atoms with Crippen LogP contribution in [0.25, 0.3) is 0 Å². The molecular weight excluding hydrogens is 373 g/mol. The zero-order valence-electron chi connectivity index (χ0n) is 10.5. The highest BCUT2D eigenvalue weighted by Crippen LogP contribution is 2.19. The van der Waals surface area contributed by atoms with E-state index in [1.165, 1.54) is 17.2 Å². The molecule has 2 aromatic rings. The Morgan fingerprint density at radius 2 is 1.79 bits per heavy atom. The smallest absolute Gasteiger partial charge is 0.123 e. The van der Waals surface area contributed by atoms with E-state index in [-0.39, 0.29) is 5.82 Å². The van der Waals surface area contributed by atoms with Crippen LogP contribution in [-0.2, 0) is 13.1 Å². The van der Waals surface area contributed by atoms with E-state index in [9.17, 15) is 4.39 Å². The van der Waals surface area contributed by atoms with Gasteiger partial charge in [-0.2, -0.15) is 0 Å². The molecule has 0 aliphatic rings. The molecule has 0 heterocycles. The van der Waals surface area contributed by atoms with Crippen LogP contribution in [0.15, 0.2) is 45.3 Å². The van der Waals surface area contributed by atoms with Crippen molar-refractivity contribution in [3.63, 3.8) is 0 Å². The molecular formula is C15H14Br2FN. The predicted molar refractivity (Wildman–Crippen MR) is 83.5 cm³/mol. The third kappa shape index (κ3) is 4.13. The molecule has 0 saturated carbocycles. The van der Waals surface area contributed by atoms with E-state index in [0.717, 1.165) is 21.1 Å². The molecule has 1 nitrogen and oxygen atoms in total. The zero-order valence-corrected chi connectivity index (χ0v) is 13.7. The fourth-order valence-corrected chi connectivity index (χ4v) is 2.58. The van der Waals surface area contributed by atoms with Crippen molar-refractivity contribution in [3.05, 3.63) is 67.9 Å². The third-order valence-electron chi connectivity index (χ3n) is 2.89. The van der Waals surface area contributed by atoms with Gasteiger partial charge in [0.1, 0.15) is 5.82 Å². The minimum atomic E-state index is -0.210. The Bertz CT molecular complexity index is 584. The molecule has 0 unspecified atom stereocenters. The number of nitrogens with one attached hydrogen (secondary N) is 1. The molecule has 0 fully saturated rings. The summed E-state index contributed by atoms with van der Waals surface area (Å²) in [4.78, 5) is 0. The molecule has 0 aliphatic heterocycles. The molecule has 4 heteroatoms. The summed E-state index contributed by atoms with van der Waals surface area (Å²) < 4.78 is 15.2. The highest BCUT2D eigenvalue weighted by molar-refractivity contribution is 9.10. The molecule has 2 aromatic carbocycles. The average Bonchev–Trinajstić information content (AvgIpc) is 2.38. The van der Waals surface area contributed by atoms with E-state index in [0.29, 0.717) is 6.54 Å². The monoisotopic (exact) mass is 385 g/mol. The first-order chi connectivity index (χ1) is 9.06. The minimum absolute atomic E-state index is 0.210. The molecule has 1 N–H and O–H groups in total. The van der Waals surface area contributed by atoms with Gasteiger partial charge in [-0.1, -0.05) is 44.0 Å². The Balaban J connectivity index is 1.96. The highest BCUT2D eigenvalue weighted by Gasteiger charge is 2.02. The van der Waals surface area contributed by atoms with Gasteiger partial charge in [-0.05, 0) is 47.9 Å². The molecule has 19 heavy (non-hydrogen) atoms. The van der Waals surface area contributed by atoms with Gasteiger partial charge in [0.25, 0.3) is 0 Å². The van der Waals surface area contributed by atoms with E-state index >= 15 is 0 Å². The predicted octanol–water partition coefficient (Wildman–Crippen LogP) is 4.95. The molecule has 0 spiro atoms. The molecule has 100 valence electrons. The van der Waals surface area contributed by atoms with E-state index < -0.39 is 0 Å². The number of rotatable bonds is 4. The van der Waals surface area contributed by atoms with E-state index in [1.54, 1.807) is 12.1 Å². The number of hydrogen-bond donors (Lipinski definition) is 1. The second kappa shape index (κ2) is 6.64. The number of aryl methyl sites for hydroxylation is 1. The van der Waals surface area contributed by atoms with Crippen molar-refractivity contribution in [2.75, 3.05) is 0 Å². The fourth-order valence-electron chi connectivity index (χ4n) is 1.77. The first-order valence-electron chi connectivity index (χ1n) is 5.96. The van der Waals surface area contributed by atoms with Crippen LogP contribution in [0.2, 0.25) is 0 Å². The maximum atomic E-state index is 13.1. The van der Waals surface area contributed by atoms with Gasteiger partial charge in [0.15, 0.2) is 0 Å². The Labute approximate surface area is 129 Å². The molecule has 0 aromatic heterocycles. The SMILES string of the molecule is Cc1ccc(CNCc2cc(F)ccc2Br)cc1Br. The summed E-state index contributed by atoms with van der Waals surface area (Å²) >= 11 is 6.94. The van der Waals surface area contributed by atoms with Gasteiger partial charge in [-0.15, -0.1) is 0 Å².